The van der Waals surface area contributed by atoms with Crippen molar-refractivity contribution >= 4 is 6.09 Å². The van der Waals surface area contributed by atoms with Crippen LogP contribution >= 0.6 is 0 Å². The summed E-state index contributed by atoms with van der Waals surface area (Å²) in [5.74, 6) is -0.0524. The van der Waals surface area contributed by atoms with Crippen molar-refractivity contribution in [3.8, 4) is 5.75 Å². The van der Waals surface area contributed by atoms with Crippen molar-refractivity contribution in [2.45, 2.75) is 37.8 Å². The van der Waals surface area contributed by atoms with Crippen LogP contribution in [0, 0.1) is 5.41 Å². The van der Waals surface area contributed by atoms with E-state index in [9.17, 15) is 18.0 Å². The third-order valence-corrected chi connectivity index (χ3v) is 5.45. The van der Waals surface area contributed by atoms with Gasteiger partial charge in [0.05, 0.1) is 12.7 Å². The molecule has 1 aliphatic heterocycles. The Morgan fingerprint density at radius 3 is 2.42 bits per heavy atom. The van der Waals surface area contributed by atoms with Crippen molar-refractivity contribution in [2.24, 2.45) is 5.41 Å². The minimum absolute atomic E-state index is 0.0922. The van der Waals surface area contributed by atoms with Crippen LogP contribution in [0.3, 0.4) is 0 Å². The minimum atomic E-state index is -4.43. The number of benzene rings is 1. The lowest BCUT2D eigenvalue weighted by Crippen LogP contribution is -2.47. The van der Waals surface area contributed by atoms with Crippen molar-refractivity contribution in [3.05, 3.63) is 29.3 Å². The highest BCUT2D eigenvalue weighted by atomic mass is 19.4. The van der Waals surface area contributed by atoms with Crippen LogP contribution in [-0.2, 0) is 6.18 Å². The second kappa shape index (κ2) is 5.86. The molecule has 3 rings (SSSR count). The monoisotopic (exact) mass is 343 g/mol. The fourth-order valence-corrected chi connectivity index (χ4v) is 4.00. The third-order valence-electron chi connectivity index (χ3n) is 5.45. The number of rotatable bonds is 2. The number of carboxylic acid groups (broad SMARTS) is 1. The Morgan fingerprint density at radius 2 is 1.92 bits per heavy atom. The molecule has 1 aromatic rings. The molecule has 0 bridgehead atoms. The van der Waals surface area contributed by atoms with Gasteiger partial charge in [-0.2, -0.15) is 13.2 Å². The summed E-state index contributed by atoms with van der Waals surface area (Å²) in [6.07, 6.45) is -2.11. The first-order chi connectivity index (χ1) is 11.2. The Balaban J connectivity index is 1.69. The van der Waals surface area contributed by atoms with Crippen LogP contribution in [-0.4, -0.2) is 36.3 Å². The molecule has 24 heavy (non-hydrogen) atoms. The lowest BCUT2D eigenvalue weighted by Gasteiger charge is -2.52. The first kappa shape index (κ1) is 16.9. The molecule has 2 fully saturated rings. The number of piperidine rings is 1. The van der Waals surface area contributed by atoms with Gasteiger partial charge in [0.2, 0.25) is 0 Å². The van der Waals surface area contributed by atoms with Gasteiger partial charge in [0.15, 0.2) is 0 Å². The number of carbonyl (C=O) groups is 1. The quantitative estimate of drug-likeness (QED) is 0.868. The maximum atomic E-state index is 13.1. The van der Waals surface area contributed by atoms with Crippen molar-refractivity contribution in [2.75, 3.05) is 20.2 Å². The minimum Gasteiger partial charge on any atom is -0.496 e. The summed E-state index contributed by atoms with van der Waals surface area (Å²) >= 11 is 0. The number of hydrogen-bond donors (Lipinski definition) is 1. The number of ether oxygens (including phenoxy) is 1. The summed E-state index contributed by atoms with van der Waals surface area (Å²) in [6.45, 7) is 1.02. The predicted octanol–water partition coefficient (Wildman–Crippen LogP) is 4.35. The highest BCUT2D eigenvalue weighted by Crippen LogP contribution is 2.57. The number of nitrogens with zero attached hydrogens (tertiary/aromatic N) is 1. The molecule has 0 unspecified atom stereocenters. The molecular weight excluding hydrogens is 323 g/mol. The molecular formula is C17H20F3NO3. The molecule has 7 heteroatoms. The van der Waals surface area contributed by atoms with E-state index in [2.05, 4.69) is 0 Å². The Hall–Kier alpha value is -1.92. The van der Waals surface area contributed by atoms with Crippen molar-refractivity contribution in [1.29, 1.82) is 0 Å². The number of likely N-dealkylation sites (tertiary alicyclic amines) is 1. The molecule has 1 aliphatic carbocycles. The lowest BCUT2D eigenvalue weighted by molar-refractivity contribution is -0.138. The fraction of sp³-hybridized carbons (Fsp3) is 0.588. The van der Waals surface area contributed by atoms with E-state index in [4.69, 9.17) is 9.84 Å². The van der Waals surface area contributed by atoms with Gasteiger partial charge in [0.25, 0.3) is 0 Å². The maximum absolute atomic E-state index is 13.1. The molecule has 1 aromatic carbocycles. The Morgan fingerprint density at radius 1 is 1.29 bits per heavy atom. The lowest BCUT2D eigenvalue weighted by atomic mass is 9.56. The molecule has 132 valence electrons. The molecule has 1 saturated heterocycles. The Bertz CT molecular complexity index is 628. The van der Waals surface area contributed by atoms with E-state index in [1.54, 1.807) is 6.07 Å². The molecule has 1 amide bonds. The highest BCUT2D eigenvalue weighted by Gasteiger charge is 2.47. The number of halogens is 3. The van der Waals surface area contributed by atoms with E-state index in [0.29, 0.717) is 18.7 Å². The summed E-state index contributed by atoms with van der Waals surface area (Å²) in [5, 5.41) is 8.99. The Kier molecular flexibility index (Phi) is 4.13. The normalized spacial score (nSPS) is 20.8. The molecule has 0 radical (unpaired) electrons. The van der Waals surface area contributed by atoms with Crippen LogP contribution in [0.1, 0.15) is 42.7 Å². The predicted molar refractivity (Wildman–Crippen MR) is 81.2 cm³/mol. The summed E-state index contributed by atoms with van der Waals surface area (Å²) in [7, 11) is 1.23. The van der Waals surface area contributed by atoms with Crippen LogP contribution in [0.2, 0.25) is 0 Å². The molecule has 2 aliphatic rings. The zero-order valence-electron chi connectivity index (χ0n) is 13.4. The van der Waals surface area contributed by atoms with Gasteiger partial charge in [-0.15, -0.1) is 0 Å². The second-order valence-corrected chi connectivity index (χ2v) is 6.83. The van der Waals surface area contributed by atoms with Crippen molar-refractivity contribution in [3.63, 3.8) is 0 Å². The topological polar surface area (TPSA) is 49.8 Å². The van der Waals surface area contributed by atoms with Gasteiger partial charge in [-0.25, -0.2) is 4.79 Å². The first-order valence-electron chi connectivity index (χ1n) is 7.97. The second-order valence-electron chi connectivity index (χ2n) is 6.83. The van der Waals surface area contributed by atoms with Crippen LogP contribution < -0.4 is 4.74 Å². The molecule has 1 N–H and O–H groups in total. The third kappa shape index (κ3) is 3.03. The van der Waals surface area contributed by atoms with E-state index in [1.165, 1.54) is 24.1 Å². The number of methoxy groups -OCH3 is 1. The van der Waals surface area contributed by atoms with Gasteiger partial charge < -0.3 is 14.7 Å². The highest BCUT2D eigenvalue weighted by molar-refractivity contribution is 5.65. The molecule has 1 heterocycles. The van der Waals surface area contributed by atoms with Gasteiger partial charge in [0, 0.05) is 13.1 Å². The van der Waals surface area contributed by atoms with Crippen LogP contribution in [0.5, 0.6) is 5.75 Å². The molecule has 0 atom stereocenters. The largest absolute Gasteiger partial charge is 0.496 e. The van der Waals surface area contributed by atoms with Crippen LogP contribution in [0.15, 0.2) is 18.2 Å². The SMILES string of the molecule is COc1ccc(C2CC3(CCN(C(=O)O)CC3)C2)cc1C(F)(F)F. The molecule has 0 aromatic heterocycles. The molecule has 1 spiro atoms. The Labute approximate surface area is 138 Å². The summed E-state index contributed by atoms with van der Waals surface area (Å²) < 4.78 is 44.2. The van der Waals surface area contributed by atoms with E-state index in [-0.39, 0.29) is 17.1 Å². The van der Waals surface area contributed by atoms with Crippen LogP contribution in [0.4, 0.5) is 18.0 Å². The zero-order chi connectivity index (χ0) is 17.5. The first-order valence-corrected chi connectivity index (χ1v) is 7.97. The number of amides is 1. The smallest absolute Gasteiger partial charge is 0.419 e. The fourth-order valence-electron chi connectivity index (χ4n) is 4.00. The number of alkyl halides is 3. The van der Waals surface area contributed by atoms with E-state index in [1.807, 2.05) is 0 Å². The van der Waals surface area contributed by atoms with E-state index in [0.717, 1.165) is 25.7 Å². The van der Waals surface area contributed by atoms with Crippen molar-refractivity contribution in [1.82, 2.24) is 4.90 Å². The standard InChI is InChI=1S/C17H20F3NO3/c1-24-14-3-2-11(8-13(14)17(18,19)20)12-9-16(10-12)4-6-21(7-5-16)15(22)23/h2-3,8,12H,4-7,9-10H2,1H3,(H,22,23). The van der Waals surface area contributed by atoms with Gasteiger partial charge in [-0.05, 0) is 54.7 Å². The van der Waals surface area contributed by atoms with Gasteiger partial charge in [-0.3, -0.25) is 0 Å². The molecule has 4 nitrogen and oxygen atoms in total. The van der Waals surface area contributed by atoms with E-state index >= 15 is 0 Å². The van der Waals surface area contributed by atoms with Crippen LogP contribution in [0.25, 0.3) is 0 Å². The summed E-state index contributed by atoms with van der Waals surface area (Å²) in [4.78, 5) is 12.4. The zero-order valence-corrected chi connectivity index (χ0v) is 13.4. The van der Waals surface area contributed by atoms with Crippen molar-refractivity contribution < 1.29 is 27.8 Å². The van der Waals surface area contributed by atoms with Gasteiger partial charge in [0.1, 0.15) is 5.75 Å². The van der Waals surface area contributed by atoms with Gasteiger partial charge in [-0.1, -0.05) is 6.07 Å². The summed E-state index contributed by atoms with van der Waals surface area (Å²) in [6, 6.07) is 4.29. The maximum Gasteiger partial charge on any atom is 0.419 e. The van der Waals surface area contributed by atoms with Gasteiger partial charge >= 0.3 is 12.3 Å². The average molecular weight is 343 g/mol. The average Bonchev–Trinajstić information content (AvgIpc) is 2.51. The number of hydrogen-bond acceptors (Lipinski definition) is 2. The van der Waals surface area contributed by atoms with E-state index < -0.39 is 17.8 Å². The summed E-state index contributed by atoms with van der Waals surface area (Å²) in [5.41, 5.74) is 0.0492. The molecule has 1 saturated carbocycles.